The number of halogens is 2. The Morgan fingerprint density at radius 1 is 0.833 bits per heavy atom. The Labute approximate surface area is 149 Å². The van der Waals surface area contributed by atoms with Gasteiger partial charge in [-0.05, 0) is 24.3 Å². The van der Waals surface area contributed by atoms with Crippen molar-refractivity contribution in [3.63, 3.8) is 0 Å². The molecule has 3 rings (SSSR count). The summed E-state index contributed by atoms with van der Waals surface area (Å²) in [5.74, 6) is 0.862. The number of hydrogen-bond donors (Lipinski definition) is 4. The first-order valence-electron chi connectivity index (χ1n) is 7.03. The summed E-state index contributed by atoms with van der Waals surface area (Å²) in [6.07, 6.45) is 1.39. The van der Waals surface area contributed by atoms with Gasteiger partial charge in [0.25, 0.3) is 0 Å². The van der Waals surface area contributed by atoms with Gasteiger partial charge in [0.2, 0.25) is 0 Å². The fraction of sp³-hybridized carbons (Fsp3) is 0. The number of nitrogens with two attached hydrogens (primary N) is 1. The minimum absolute atomic E-state index is 0.344. The van der Waals surface area contributed by atoms with Crippen LogP contribution in [0.4, 0.5) is 28.7 Å². The molecule has 122 valence electrons. The molecule has 0 radical (unpaired) electrons. The summed E-state index contributed by atoms with van der Waals surface area (Å²) < 4.78 is 0. The Morgan fingerprint density at radius 3 is 2.38 bits per heavy atom. The maximum Gasteiger partial charge on any atom is 0.173 e. The Morgan fingerprint density at radius 2 is 1.58 bits per heavy atom. The van der Waals surface area contributed by atoms with Crippen LogP contribution in [0.25, 0.3) is 0 Å². The average molecular weight is 361 g/mol. The number of nitrogens with one attached hydrogen (secondary N) is 3. The molecule has 0 amide bonds. The molecule has 0 aliphatic carbocycles. The number of rotatable bonds is 5. The standard InChI is InChI=1S/C16H14Cl2N6/c17-11-7-4-8-12(13(11)18)22-15-14(19)16(21-9-20-15)24-23-10-5-2-1-3-6-10/h1-9,23H,19H2,(H2,20,21,22,24). The van der Waals surface area contributed by atoms with Gasteiger partial charge in [0.1, 0.15) is 12.0 Å². The van der Waals surface area contributed by atoms with E-state index in [-0.39, 0.29) is 0 Å². The van der Waals surface area contributed by atoms with Crippen molar-refractivity contribution in [2.45, 2.75) is 0 Å². The first-order chi connectivity index (χ1) is 11.6. The van der Waals surface area contributed by atoms with Crippen molar-refractivity contribution in [3.05, 3.63) is 64.9 Å². The molecular formula is C16H14Cl2N6. The van der Waals surface area contributed by atoms with E-state index in [2.05, 4.69) is 26.1 Å². The molecule has 1 aromatic heterocycles. The van der Waals surface area contributed by atoms with Gasteiger partial charge in [-0.2, -0.15) is 0 Å². The largest absolute Gasteiger partial charge is 0.393 e. The lowest BCUT2D eigenvalue weighted by molar-refractivity contribution is 1.16. The average Bonchev–Trinajstić information content (AvgIpc) is 2.60. The Balaban J connectivity index is 1.79. The number of hydrogen-bond acceptors (Lipinski definition) is 6. The van der Waals surface area contributed by atoms with Crippen molar-refractivity contribution in [2.24, 2.45) is 0 Å². The summed E-state index contributed by atoms with van der Waals surface area (Å²) in [5, 5.41) is 3.90. The molecule has 0 spiro atoms. The number of nitrogens with zero attached hydrogens (tertiary/aromatic N) is 2. The number of nitrogen functional groups attached to an aromatic ring is 1. The molecule has 0 saturated heterocycles. The third kappa shape index (κ3) is 3.61. The maximum atomic E-state index is 6.17. The summed E-state index contributed by atoms with van der Waals surface area (Å²) in [7, 11) is 0. The number of aromatic nitrogens is 2. The summed E-state index contributed by atoms with van der Waals surface area (Å²) in [5.41, 5.74) is 13.9. The van der Waals surface area contributed by atoms with Gasteiger partial charge in [0.05, 0.1) is 21.4 Å². The number of hydrazine groups is 1. The molecule has 8 heteroatoms. The summed E-state index contributed by atoms with van der Waals surface area (Å²) in [6.45, 7) is 0. The Bertz CT molecular complexity index is 841. The van der Waals surface area contributed by atoms with Crippen LogP contribution in [0.1, 0.15) is 0 Å². The molecule has 1 heterocycles. The van der Waals surface area contributed by atoms with E-state index < -0.39 is 0 Å². The normalized spacial score (nSPS) is 10.2. The van der Waals surface area contributed by atoms with E-state index in [0.29, 0.717) is 33.1 Å². The lowest BCUT2D eigenvalue weighted by Gasteiger charge is -2.14. The minimum Gasteiger partial charge on any atom is -0.393 e. The second-order valence-electron chi connectivity index (χ2n) is 4.83. The first-order valence-corrected chi connectivity index (χ1v) is 7.79. The Hall–Kier alpha value is -2.70. The number of benzene rings is 2. The van der Waals surface area contributed by atoms with E-state index >= 15 is 0 Å². The zero-order chi connectivity index (χ0) is 16.9. The van der Waals surface area contributed by atoms with Crippen LogP contribution < -0.4 is 21.9 Å². The molecule has 0 aliphatic rings. The van der Waals surface area contributed by atoms with E-state index in [1.54, 1.807) is 18.2 Å². The summed E-state index contributed by atoms with van der Waals surface area (Å²) >= 11 is 12.2. The second kappa shape index (κ2) is 7.25. The molecule has 0 atom stereocenters. The highest BCUT2D eigenvalue weighted by Gasteiger charge is 2.11. The lowest BCUT2D eigenvalue weighted by atomic mass is 10.3. The molecular weight excluding hydrogens is 347 g/mol. The second-order valence-corrected chi connectivity index (χ2v) is 5.61. The number of anilines is 5. The van der Waals surface area contributed by atoms with Gasteiger partial charge in [0, 0.05) is 0 Å². The van der Waals surface area contributed by atoms with E-state index in [1.165, 1.54) is 6.33 Å². The fourth-order valence-corrected chi connectivity index (χ4v) is 2.32. The maximum absolute atomic E-state index is 6.17. The van der Waals surface area contributed by atoms with Crippen LogP contribution in [0.2, 0.25) is 10.0 Å². The monoisotopic (exact) mass is 360 g/mol. The molecule has 6 nitrogen and oxygen atoms in total. The van der Waals surface area contributed by atoms with Crippen molar-refractivity contribution in [1.82, 2.24) is 9.97 Å². The predicted octanol–water partition coefficient (Wildman–Crippen LogP) is 4.55. The van der Waals surface area contributed by atoms with Crippen LogP contribution in [0.5, 0.6) is 0 Å². The third-order valence-electron chi connectivity index (χ3n) is 3.19. The molecule has 3 aromatic rings. The van der Waals surface area contributed by atoms with Gasteiger partial charge in [-0.3, -0.25) is 10.9 Å². The highest BCUT2D eigenvalue weighted by Crippen LogP contribution is 2.33. The van der Waals surface area contributed by atoms with Crippen molar-refractivity contribution in [3.8, 4) is 0 Å². The van der Waals surface area contributed by atoms with Gasteiger partial charge in [-0.15, -0.1) is 0 Å². The highest BCUT2D eigenvalue weighted by molar-refractivity contribution is 6.43. The van der Waals surface area contributed by atoms with Crippen molar-refractivity contribution < 1.29 is 0 Å². The van der Waals surface area contributed by atoms with Gasteiger partial charge in [-0.25, -0.2) is 9.97 Å². The van der Waals surface area contributed by atoms with Gasteiger partial charge in [0.15, 0.2) is 11.6 Å². The van der Waals surface area contributed by atoms with Crippen LogP contribution in [-0.2, 0) is 0 Å². The quantitative estimate of drug-likeness (QED) is 0.499. The molecule has 5 N–H and O–H groups in total. The highest BCUT2D eigenvalue weighted by atomic mass is 35.5. The molecule has 24 heavy (non-hydrogen) atoms. The van der Waals surface area contributed by atoms with Crippen LogP contribution in [-0.4, -0.2) is 9.97 Å². The fourth-order valence-electron chi connectivity index (χ4n) is 1.98. The van der Waals surface area contributed by atoms with Gasteiger partial charge >= 0.3 is 0 Å². The molecule has 0 unspecified atom stereocenters. The molecule has 0 aliphatic heterocycles. The van der Waals surface area contributed by atoms with Gasteiger partial charge in [-0.1, -0.05) is 47.5 Å². The van der Waals surface area contributed by atoms with E-state index in [4.69, 9.17) is 28.9 Å². The number of para-hydroxylation sites is 1. The molecule has 0 saturated carbocycles. The Kier molecular flexibility index (Phi) is 4.88. The predicted molar refractivity (Wildman–Crippen MR) is 99.9 cm³/mol. The van der Waals surface area contributed by atoms with Crippen LogP contribution in [0, 0.1) is 0 Å². The van der Waals surface area contributed by atoms with E-state index in [1.807, 2.05) is 30.3 Å². The molecule has 0 bridgehead atoms. The minimum atomic E-state index is 0.344. The topological polar surface area (TPSA) is 87.9 Å². The first kappa shape index (κ1) is 16.2. The summed E-state index contributed by atoms with van der Waals surface area (Å²) in [6, 6.07) is 14.9. The summed E-state index contributed by atoms with van der Waals surface area (Å²) in [4.78, 5) is 8.27. The molecule has 2 aromatic carbocycles. The van der Waals surface area contributed by atoms with Crippen LogP contribution in [0.3, 0.4) is 0 Å². The molecule has 0 fully saturated rings. The lowest BCUT2D eigenvalue weighted by Crippen LogP contribution is -2.13. The zero-order valence-electron chi connectivity index (χ0n) is 12.4. The third-order valence-corrected chi connectivity index (χ3v) is 4.01. The van der Waals surface area contributed by atoms with Crippen LogP contribution >= 0.6 is 23.2 Å². The smallest absolute Gasteiger partial charge is 0.173 e. The SMILES string of the molecule is Nc1c(NNc2ccccc2)ncnc1Nc1cccc(Cl)c1Cl. The van der Waals surface area contributed by atoms with E-state index in [9.17, 15) is 0 Å². The zero-order valence-corrected chi connectivity index (χ0v) is 13.9. The van der Waals surface area contributed by atoms with E-state index in [0.717, 1.165) is 5.69 Å². The van der Waals surface area contributed by atoms with Crippen molar-refractivity contribution in [1.29, 1.82) is 0 Å². The van der Waals surface area contributed by atoms with Crippen molar-refractivity contribution in [2.75, 3.05) is 21.9 Å². The van der Waals surface area contributed by atoms with Crippen LogP contribution in [0.15, 0.2) is 54.9 Å². The van der Waals surface area contributed by atoms with Gasteiger partial charge < -0.3 is 11.1 Å². The van der Waals surface area contributed by atoms with Crippen molar-refractivity contribution >= 4 is 51.9 Å².